The molecule has 25 heavy (non-hydrogen) atoms. The van der Waals surface area contributed by atoms with Gasteiger partial charge in [0.2, 0.25) is 0 Å². The zero-order valence-corrected chi connectivity index (χ0v) is 14.6. The summed E-state index contributed by atoms with van der Waals surface area (Å²) < 4.78 is 12.6. The summed E-state index contributed by atoms with van der Waals surface area (Å²) in [6, 6.07) is 3.80. The Bertz CT molecular complexity index is 875. The van der Waals surface area contributed by atoms with Crippen LogP contribution >= 0.6 is 0 Å². The Hall–Kier alpha value is -2.54. The molecule has 0 spiro atoms. The predicted molar refractivity (Wildman–Crippen MR) is 94.0 cm³/mol. The largest absolute Gasteiger partial charge is 0.466 e. The number of esters is 1. The number of rotatable bonds is 8. The molecule has 0 radical (unpaired) electrons. The third-order valence-corrected chi connectivity index (χ3v) is 3.91. The fraction of sp³-hybridized carbons (Fsp3) is 0.444. The second-order valence-corrected chi connectivity index (χ2v) is 5.59. The summed E-state index contributed by atoms with van der Waals surface area (Å²) in [6.07, 6.45) is 4.55. The van der Waals surface area contributed by atoms with Crippen LogP contribution in [0.25, 0.3) is 22.1 Å². The van der Waals surface area contributed by atoms with Crippen LogP contribution in [0, 0.1) is 0 Å². The number of nitrogens with zero attached hydrogens (tertiary/aromatic N) is 4. The first-order chi connectivity index (χ1) is 12.2. The molecule has 3 heterocycles. The molecule has 0 unspecified atom stereocenters. The smallest absolute Gasteiger partial charge is 0.305 e. The molecule has 7 heteroatoms. The minimum Gasteiger partial charge on any atom is -0.466 e. The molecule has 0 aliphatic rings. The molecular weight excluding hydrogens is 320 g/mol. The maximum absolute atomic E-state index is 11.6. The van der Waals surface area contributed by atoms with Gasteiger partial charge in [0.05, 0.1) is 23.8 Å². The lowest BCUT2D eigenvalue weighted by atomic mass is 10.2. The highest BCUT2D eigenvalue weighted by Gasteiger charge is 2.15. The molecular formula is C18H22N4O3. The number of hydrogen-bond donors (Lipinski definition) is 0. The van der Waals surface area contributed by atoms with E-state index in [-0.39, 0.29) is 5.97 Å². The first-order valence-corrected chi connectivity index (χ1v) is 8.56. The van der Waals surface area contributed by atoms with Crippen molar-refractivity contribution in [3.8, 4) is 0 Å². The molecule has 0 saturated carbocycles. The summed E-state index contributed by atoms with van der Waals surface area (Å²) in [6.45, 7) is 5.84. The van der Waals surface area contributed by atoms with Gasteiger partial charge in [-0.3, -0.25) is 14.8 Å². The van der Waals surface area contributed by atoms with Crippen molar-refractivity contribution in [2.24, 2.45) is 0 Å². The van der Waals surface area contributed by atoms with Crippen LogP contribution in [0.1, 0.15) is 32.5 Å². The number of carbonyl (C=O) groups excluding carboxylic acids is 1. The lowest BCUT2D eigenvalue weighted by molar-refractivity contribution is -0.143. The molecule has 0 aliphatic heterocycles. The van der Waals surface area contributed by atoms with Gasteiger partial charge in [-0.25, -0.2) is 4.98 Å². The number of imidazole rings is 1. The zero-order chi connectivity index (χ0) is 17.6. The number of fused-ring (bicyclic) bond motifs is 3. The molecule has 3 aromatic heterocycles. The van der Waals surface area contributed by atoms with Gasteiger partial charge < -0.3 is 14.0 Å². The third-order valence-electron chi connectivity index (χ3n) is 3.91. The highest BCUT2D eigenvalue weighted by atomic mass is 16.5. The highest BCUT2D eigenvalue weighted by Crippen LogP contribution is 2.24. The Labute approximate surface area is 146 Å². The Balaban J connectivity index is 1.96. The van der Waals surface area contributed by atoms with Gasteiger partial charge in [0.25, 0.3) is 0 Å². The fourth-order valence-corrected chi connectivity index (χ4v) is 2.83. The summed E-state index contributed by atoms with van der Waals surface area (Å²) in [5.41, 5.74) is 3.36. The molecule has 3 aromatic rings. The number of aryl methyl sites for hydroxylation is 1. The van der Waals surface area contributed by atoms with Gasteiger partial charge in [0, 0.05) is 25.8 Å². The van der Waals surface area contributed by atoms with Crippen molar-refractivity contribution in [3.63, 3.8) is 0 Å². The van der Waals surface area contributed by atoms with Crippen LogP contribution in [0.2, 0.25) is 0 Å². The molecule has 132 valence electrons. The number of pyridine rings is 2. The Morgan fingerprint density at radius 3 is 2.88 bits per heavy atom. The monoisotopic (exact) mass is 342 g/mol. The van der Waals surface area contributed by atoms with E-state index in [0.717, 1.165) is 27.9 Å². The van der Waals surface area contributed by atoms with Crippen molar-refractivity contribution in [3.05, 3.63) is 30.4 Å². The van der Waals surface area contributed by atoms with Crippen molar-refractivity contribution in [2.75, 3.05) is 13.2 Å². The number of aromatic nitrogens is 4. The van der Waals surface area contributed by atoms with Gasteiger partial charge >= 0.3 is 5.97 Å². The van der Waals surface area contributed by atoms with E-state index in [2.05, 4.69) is 19.5 Å². The maximum Gasteiger partial charge on any atom is 0.305 e. The molecule has 0 amide bonds. The maximum atomic E-state index is 11.6. The van der Waals surface area contributed by atoms with Crippen molar-refractivity contribution < 1.29 is 14.3 Å². The normalized spacial score (nSPS) is 11.3. The minimum absolute atomic E-state index is 0.178. The van der Waals surface area contributed by atoms with Gasteiger partial charge in [-0.05, 0) is 32.4 Å². The van der Waals surface area contributed by atoms with Gasteiger partial charge in [-0.1, -0.05) is 0 Å². The van der Waals surface area contributed by atoms with E-state index in [9.17, 15) is 4.79 Å². The van der Waals surface area contributed by atoms with E-state index >= 15 is 0 Å². The molecule has 3 rings (SSSR count). The van der Waals surface area contributed by atoms with E-state index in [4.69, 9.17) is 9.47 Å². The molecule has 0 N–H and O–H groups in total. The Kier molecular flexibility index (Phi) is 5.55. The summed E-state index contributed by atoms with van der Waals surface area (Å²) in [4.78, 5) is 25.2. The second-order valence-electron chi connectivity index (χ2n) is 5.59. The van der Waals surface area contributed by atoms with Crippen LogP contribution in [0.5, 0.6) is 0 Å². The Morgan fingerprint density at radius 2 is 2.08 bits per heavy atom. The fourth-order valence-electron chi connectivity index (χ4n) is 2.83. The van der Waals surface area contributed by atoms with E-state index < -0.39 is 0 Å². The number of hydrogen-bond acceptors (Lipinski definition) is 6. The second kappa shape index (κ2) is 8.02. The molecule has 0 fully saturated rings. The van der Waals surface area contributed by atoms with Crippen LogP contribution in [-0.2, 0) is 27.4 Å². The summed E-state index contributed by atoms with van der Waals surface area (Å²) in [5, 5.41) is 0. The Morgan fingerprint density at radius 1 is 1.20 bits per heavy atom. The lowest BCUT2D eigenvalue weighted by Crippen LogP contribution is -2.09. The van der Waals surface area contributed by atoms with Crippen LogP contribution < -0.4 is 0 Å². The highest BCUT2D eigenvalue weighted by molar-refractivity contribution is 5.99. The SMILES string of the molecule is CCOCc1nc2cnc3cccnc3c2n1CCCC(=O)OCC. The van der Waals surface area contributed by atoms with Crippen molar-refractivity contribution in [2.45, 2.75) is 39.8 Å². The van der Waals surface area contributed by atoms with E-state index in [1.165, 1.54) is 0 Å². The van der Waals surface area contributed by atoms with Crippen molar-refractivity contribution in [1.29, 1.82) is 0 Å². The average Bonchev–Trinajstić information content (AvgIpc) is 2.98. The minimum atomic E-state index is -0.178. The average molecular weight is 342 g/mol. The topological polar surface area (TPSA) is 79.1 Å². The third kappa shape index (κ3) is 3.76. The number of carbonyl (C=O) groups is 1. The molecule has 7 nitrogen and oxygen atoms in total. The van der Waals surface area contributed by atoms with E-state index in [1.54, 1.807) is 12.4 Å². The predicted octanol–water partition coefficient (Wildman–Crippen LogP) is 2.86. The first kappa shape index (κ1) is 17.3. The van der Waals surface area contributed by atoms with E-state index in [0.29, 0.717) is 39.2 Å². The molecule has 0 saturated heterocycles. The van der Waals surface area contributed by atoms with Crippen LogP contribution in [0.3, 0.4) is 0 Å². The molecule has 0 atom stereocenters. The van der Waals surface area contributed by atoms with Crippen LogP contribution in [-0.4, -0.2) is 38.7 Å². The van der Waals surface area contributed by atoms with Gasteiger partial charge in [0.1, 0.15) is 23.5 Å². The van der Waals surface area contributed by atoms with Crippen molar-refractivity contribution in [1.82, 2.24) is 19.5 Å². The molecule has 0 bridgehead atoms. The molecule has 0 aromatic carbocycles. The quantitative estimate of drug-likeness (QED) is 0.586. The van der Waals surface area contributed by atoms with Gasteiger partial charge in [0.15, 0.2) is 0 Å². The number of ether oxygens (including phenoxy) is 2. The van der Waals surface area contributed by atoms with E-state index in [1.807, 2.05) is 26.0 Å². The zero-order valence-electron chi connectivity index (χ0n) is 14.6. The molecule has 0 aliphatic carbocycles. The lowest BCUT2D eigenvalue weighted by Gasteiger charge is -2.10. The van der Waals surface area contributed by atoms with Crippen molar-refractivity contribution >= 4 is 28.0 Å². The van der Waals surface area contributed by atoms with Crippen LogP contribution in [0.4, 0.5) is 0 Å². The summed E-state index contributed by atoms with van der Waals surface area (Å²) >= 11 is 0. The standard InChI is InChI=1S/C18H22N4O3/c1-3-24-12-15-21-14-11-20-13-7-5-9-19-17(13)18(14)22(15)10-6-8-16(23)25-4-2/h5,7,9,11H,3-4,6,8,10,12H2,1-2H3. The summed E-state index contributed by atoms with van der Waals surface area (Å²) in [7, 11) is 0. The summed E-state index contributed by atoms with van der Waals surface area (Å²) in [5.74, 6) is 0.642. The van der Waals surface area contributed by atoms with Crippen LogP contribution in [0.15, 0.2) is 24.5 Å². The van der Waals surface area contributed by atoms with Gasteiger partial charge in [-0.15, -0.1) is 0 Å². The first-order valence-electron chi connectivity index (χ1n) is 8.56. The van der Waals surface area contributed by atoms with Gasteiger partial charge in [-0.2, -0.15) is 0 Å².